The number of ether oxygens (including phenoxy) is 2. The molecular formula is C32H31F3N2O5. The average Bonchev–Trinajstić information content (AvgIpc) is 3.28. The summed E-state index contributed by atoms with van der Waals surface area (Å²) in [7, 11) is 1.68. The molecule has 0 N–H and O–H groups in total. The highest BCUT2D eigenvalue weighted by atomic mass is 19.4. The first-order valence-corrected chi connectivity index (χ1v) is 14.1. The molecule has 0 aromatic heterocycles. The molecule has 0 unspecified atom stereocenters. The first-order chi connectivity index (χ1) is 19.9. The molecule has 1 amide bonds. The third-order valence-corrected chi connectivity index (χ3v) is 9.41. The number of esters is 1. The van der Waals surface area contributed by atoms with Gasteiger partial charge in [0.15, 0.2) is 11.5 Å². The number of rotatable bonds is 4. The van der Waals surface area contributed by atoms with Gasteiger partial charge in [0.05, 0.1) is 18.2 Å². The van der Waals surface area contributed by atoms with Crippen LogP contribution in [0.3, 0.4) is 0 Å². The summed E-state index contributed by atoms with van der Waals surface area (Å²) in [6.07, 6.45) is -1.91. The number of halogens is 3. The van der Waals surface area contributed by atoms with Crippen LogP contribution in [0.25, 0.3) is 0 Å². The number of hydrogen-bond acceptors (Lipinski definition) is 6. The van der Waals surface area contributed by atoms with Gasteiger partial charge in [0.1, 0.15) is 11.9 Å². The van der Waals surface area contributed by atoms with Crippen molar-refractivity contribution < 1.29 is 37.0 Å². The molecule has 1 saturated heterocycles. The van der Waals surface area contributed by atoms with Crippen molar-refractivity contribution in [3.8, 4) is 23.3 Å². The monoisotopic (exact) mass is 580 g/mol. The van der Waals surface area contributed by atoms with Gasteiger partial charge in [-0.3, -0.25) is 19.3 Å². The van der Waals surface area contributed by atoms with Crippen LogP contribution in [0.4, 0.5) is 13.2 Å². The molecule has 10 heteroatoms. The van der Waals surface area contributed by atoms with Gasteiger partial charge in [-0.15, -0.1) is 0 Å². The van der Waals surface area contributed by atoms with Crippen LogP contribution in [-0.2, 0) is 32.4 Å². The van der Waals surface area contributed by atoms with E-state index >= 15 is 0 Å². The summed E-state index contributed by atoms with van der Waals surface area (Å²) in [5.74, 6) is 5.61. The lowest BCUT2D eigenvalue weighted by Crippen LogP contribution is -2.69. The van der Waals surface area contributed by atoms with Gasteiger partial charge in [-0.05, 0) is 81.0 Å². The van der Waals surface area contributed by atoms with Crippen LogP contribution in [0.15, 0.2) is 36.4 Å². The van der Waals surface area contributed by atoms with Crippen LogP contribution in [0.1, 0.15) is 55.4 Å². The smallest absolute Gasteiger partial charge is 0.416 e. The van der Waals surface area contributed by atoms with Gasteiger partial charge in [0, 0.05) is 42.5 Å². The Bertz CT molecular complexity index is 1530. The summed E-state index contributed by atoms with van der Waals surface area (Å²) in [5.41, 5.74) is 1.26. The van der Waals surface area contributed by atoms with Crippen molar-refractivity contribution in [1.29, 1.82) is 0 Å². The minimum Gasteiger partial charge on any atom is -0.483 e. The summed E-state index contributed by atoms with van der Waals surface area (Å²) in [6.45, 7) is 4.04. The average molecular weight is 581 g/mol. The third kappa shape index (κ3) is 4.55. The highest BCUT2D eigenvalue weighted by Crippen LogP contribution is 2.64. The lowest BCUT2D eigenvalue weighted by molar-refractivity contribution is -0.137. The second-order valence-corrected chi connectivity index (χ2v) is 11.8. The molecule has 7 nitrogen and oxygen atoms in total. The highest BCUT2D eigenvalue weighted by molar-refractivity contribution is 5.94. The number of hydrogen-bond donors (Lipinski definition) is 0. The van der Waals surface area contributed by atoms with Crippen molar-refractivity contribution in [2.45, 2.75) is 69.3 Å². The van der Waals surface area contributed by atoms with Crippen LogP contribution in [0.2, 0.25) is 0 Å². The van der Waals surface area contributed by atoms with E-state index in [9.17, 15) is 27.6 Å². The standard InChI is InChI=1S/C32H31F3N2O5/c1-18(38)17-37-15-14-31-23-10-11-24(36(3)27(40)13-6-20-4-8-22(9-5-20)32(33,34)35)30(31)42-29-26(41-19(2)39)12-7-21(28(29)31)16-25(23)37/h4-5,7-9,12,23-25,30H,10-11,14-17H2,1-3H3/t23-,24-,25+,30-,31-/m0/s1. The predicted octanol–water partition coefficient (Wildman–Crippen LogP) is 4.14. The van der Waals surface area contributed by atoms with Gasteiger partial charge in [-0.2, -0.15) is 13.2 Å². The first-order valence-electron chi connectivity index (χ1n) is 14.1. The number of Topliss-reactive ketones (excluding diaryl/α,β-unsaturated/α-hetero) is 1. The molecule has 1 saturated carbocycles. The van der Waals surface area contributed by atoms with E-state index in [4.69, 9.17) is 9.47 Å². The number of nitrogens with zero attached hydrogens (tertiary/aromatic N) is 2. The van der Waals surface area contributed by atoms with Crippen LogP contribution < -0.4 is 9.47 Å². The van der Waals surface area contributed by atoms with E-state index in [-0.39, 0.29) is 23.8 Å². The molecule has 2 heterocycles. The summed E-state index contributed by atoms with van der Waals surface area (Å²) >= 11 is 0. The quantitative estimate of drug-likeness (QED) is 0.308. The second-order valence-electron chi connectivity index (χ2n) is 11.8. The Morgan fingerprint density at radius 1 is 1.12 bits per heavy atom. The first kappa shape index (κ1) is 28.3. The summed E-state index contributed by atoms with van der Waals surface area (Å²) in [4.78, 5) is 41.2. The molecule has 0 radical (unpaired) electrons. The number of piperidine rings is 1. The van der Waals surface area contributed by atoms with Gasteiger partial charge in [0.2, 0.25) is 0 Å². The highest BCUT2D eigenvalue weighted by Gasteiger charge is 2.66. The Morgan fingerprint density at radius 3 is 2.52 bits per heavy atom. The largest absolute Gasteiger partial charge is 0.483 e. The maximum Gasteiger partial charge on any atom is 0.416 e. The Kier molecular flexibility index (Phi) is 6.84. The minimum absolute atomic E-state index is 0.118. The molecule has 1 spiro atoms. The van der Waals surface area contributed by atoms with E-state index in [0.29, 0.717) is 36.6 Å². The van der Waals surface area contributed by atoms with Crippen molar-refractivity contribution in [1.82, 2.24) is 9.80 Å². The topological polar surface area (TPSA) is 76.2 Å². The van der Waals surface area contributed by atoms with Crippen molar-refractivity contribution in [3.05, 3.63) is 58.7 Å². The molecule has 2 aliphatic heterocycles. The number of likely N-dealkylation sites (tertiary alicyclic amines) is 1. The molecule has 2 aromatic rings. The fourth-order valence-electron chi connectivity index (χ4n) is 7.81. The number of ketones is 1. The normalized spacial score (nSPS) is 27.2. The Morgan fingerprint density at radius 2 is 1.86 bits per heavy atom. The number of carbonyl (C=O) groups excluding carboxylic acids is 3. The number of amides is 1. The molecular weight excluding hydrogens is 549 g/mol. The van der Waals surface area contributed by atoms with Gasteiger partial charge in [-0.25, -0.2) is 0 Å². The van der Waals surface area contributed by atoms with Crippen molar-refractivity contribution in [2.75, 3.05) is 20.1 Å². The van der Waals surface area contributed by atoms with Gasteiger partial charge < -0.3 is 14.4 Å². The number of likely N-dealkylation sites (N-methyl/N-ethyl adjacent to an activating group) is 1. The zero-order chi connectivity index (χ0) is 30.0. The maximum atomic E-state index is 13.3. The van der Waals surface area contributed by atoms with E-state index < -0.39 is 35.1 Å². The van der Waals surface area contributed by atoms with E-state index in [2.05, 4.69) is 16.7 Å². The van der Waals surface area contributed by atoms with E-state index in [1.54, 1.807) is 24.9 Å². The van der Waals surface area contributed by atoms with E-state index in [1.807, 2.05) is 6.07 Å². The predicted molar refractivity (Wildman–Crippen MR) is 146 cm³/mol. The molecule has 5 atom stereocenters. The summed E-state index contributed by atoms with van der Waals surface area (Å²) < 4.78 is 51.0. The Labute approximate surface area is 241 Å². The Balaban J connectivity index is 1.33. The van der Waals surface area contributed by atoms with Gasteiger partial charge in [-0.1, -0.05) is 12.0 Å². The van der Waals surface area contributed by atoms with E-state index in [1.165, 1.54) is 19.1 Å². The van der Waals surface area contributed by atoms with Crippen LogP contribution in [0.5, 0.6) is 11.5 Å². The molecule has 2 aromatic carbocycles. The zero-order valence-corrected chi connectivity index (χ0v) is 23.6. The van der Waals surface area contributed by atoms with Crippen LogP contribution >= 0.6 is 0 Å². The zero-order valence-electron chi connectivity index (χ0n) is 23.6. The maximum absolute atomic E-state index is 13.3. The van der Waals surface area contributed by atoms with Gasteiger partial charge in [0.25, 0.3) is 5.91 Å². The fraction of sp³-hybridized carbons (Fsp3) is 0.469. The third-order valence-electron chi connectivity index (χ3n) is 9.41. The van der Waals surface area contributed by atoms with Crippen molar-refractivity contribution >= 4 is 17.7 Å². The van der Waals surface area contributed by atoms with Crippen molar-refractivity contribution in [3.63, 3.8) is 0 Å². The number of carbonyl (C=O) groups is 3. The second kappa shape index (κ2) is 10.2. The number of benzene rings is 2. The molecule has 2 bridgehead atoms. The SMILES string of the molecule is CC(=O)CN1CC[C@]23c4c5ccc(OC(C)=O)c4O[C@H]2[C@@H](N(C)C(=O)C#Cc2ccc(C(F)(F)F)cc2)CC[C@H]3[C@H]1C5. The van der Waals surface area contributed by atoms with Crippen LogP contribution in [-0.4, -0.2) is 65.8 Å². The summed E-state index contributed by atoms with van der Waals surface area (Å²) in [5, 5.41) is 0. The molecule has 42 heavy (non-hydrogen) atoms. The minimum atomic E-state index is -4.45. The lowest BCUT2D eigenvalue weighted by Gasteiger charge is -2.60. The molecule has 6 rings (SSSR count). The van der Waals surface area contributed by atoms with Crippen LogP contribution in [0, 0.1) is 17.8 Å². The van der Waals surface area contributed by atoms with Crippen molar-refractivity contribution in [2.24, 2.45) is 5.92 Å². The fourth-order valence-corrected chi connectivity index (χ4v) is 7.81. The van der Waals surface area contributed by atoms with E-state index in [0.717, 1.165) is 42.5 Å². The molecule has 4 aliphatic rings. The molecule has 2 fully saturated rings. The lowest BCUT2D eigenvalue weighted by atomic mass is 9.51. The molecule has 2 aliphatic carbocycles. The van der Waals surface area contributed by atoms with Gasteiger partial charge >= 0.3 is 12.1 Å². The Hall–Kier alpha value is -3.84. The number of alkyl halides is 3. The summed E-state index contributed by atoms with van der Waals surface area (Å²) in [6, 6.07) is 7.94. The molecule has 220 valence electrons.